The van der Waals surface area contributed by atoms with Gasteiger partial charge in [-0.05, 0) is 45.8 Å². The topological polar surface area (TPSA) is 58.4 Å². The number of nitrogens with zero attached hydrogens (tertiary/aromatic N) is 1. The third-order valence-corrected chi connectivity index (χ3v) is 4.66. The zero-order chi connectivity index (χ0) is 14.5. The minimum absolute atomic E-state index is 0.0187. The maximum atomic E-state index is 12.0. The minimum Gasteiger partial charge on any atom is -0.354 e. The number of likely N-dealkylation sites (N-methyl/N-ethyl adjacent to an activating group) is 1. The predicted molar refractivity (Wildman–Crippen MR) is 79.9 cm³/mol. The molecule has 1 fully saturated rings. The summed E-state index contributed by atoms with van der Waals surface area (Å²) in [5.41, 5.74) is 5.65. The lowest BCUT2D eigenvalue weighted by Crippen LogP contribution is -2.55. The van der Waals surface area contributed by atoms with Gasteiger partial charge in [0.2, 0.25) is 5.91 Å². The van der Waals surface area contributed by atoms with Crippen LogP contribution in [0.5, 0.6) is 0 Å². The molecule has 4 heteroatoms. The normalized spacial score (nSPS) is 29.3. The molecule has 19 heavy (non-hydrogen) atoms. The van der Waals surface area contributed by atoms with Crippen molar-refractivity contribution in [1.29, 1.82) is 0 Å². The van der Waals surface area contributed by atoms with E-state index in [0.717, 1.165) is 18.9 Å². The van der Waals surface area contributed by atoms with E-state index in [1.54, 1.807) is 0 Å². The summed E-state index contributed by atoms with van der Waals surface area (Å²) >= 11 is 0. The number of amides is 1. The lowest BCUT2D eigenvalue weighted by molar-refractivity contribution is -0.125. The summed E-state index contributed by atoms with van der Waals surface area (Å²) in [5.74, 6) is 0.907. The van der Waals surface area contributed by atoms with Crippen LogP contribution in [0, 0.1) is 11.8 Å². The molecule has 1 aliphatic carbocycles. The van der Waals surface area contributed by atoms with Crippen molar-refractivity contribution in [1.82, 2.24) is 10.2 Å². The minimum atomic E-state index is 0.0187. The standard InChI is InChI=1S/C15H31N3O/c1-12-6-5-8-15(10-12,18(3)4)11-17-14(19)13(2)7-9-16/h12-13H,5-11,16H2,1-4H3,(H,17,19). The van der Waals surface area contributed by atoms with E-state index < -0.39 is 0 Å². The van der Waals surface area contributed by atoms with Gasteiger partial charge in [-0.1, -0.05) is 26.7 Å². The van der Waals surface area contributed by atoms with E-state index in [0.29, 0.717) is 6.54 Å². The fraction of sp³-hybridized carbons (Fsp3) is 0.933. The summed E-state index contributed by atoms with van der Waals surface area (Å²) in [7, 11) is 4.26. The van der Waals surface area contributed by atoms with Crippen LogP contribution >= 0.6 is 0 Å². The number of carbonyl (C=O) groups is 1. The quantitative estimate of drug-likeness (QED) is 0.770. The van der Waals surface area contributed by atoms with Crippen molar-refractivity contribution in [3.05, 3.63) is 0 Å². The van der Waals surface area contributed by atoms with Crippen LogP contribution in [-0.4, -0.2) is 43.5 Å². The second-order valence-electron chi connectivity index (χ2n) is 6.52. The predicted octanol–water partition coefficient (Wildman–Crippen LogP) is 1.60. The van der Waals surface area contributed by atoms with Gasteiger partial charge in [0.05, 0.1) is 0 Å². The lowest BCUT2D eigenvalue weighted by atomic mass is 9.75. The first-order valence-electron chi connectivity index (χ1n) is 7.56. The van der Waals surface area contributed by atoms with Crippen LogP contribution in [0.1, 0.15) is 46.0 Å². The maximum Gasteiger partial charge on any atom is 0.222 e. The molecule has 0 heterocycles. The fourth-order valence-electron chi connectivity index (χ4n) is 3.16. The average molecular weight is 269 g/mol. The molecule has 0 aromatic carbocycles. The Bertz CT molecular complexity index is 293. The van der Waals surface area contributed by atoms with Gasteiger partial charge in [0.15, 0.2) is 0 Å². The molecule has 4 nitrogen and oxygen atoms in total. The van der Waals surface area contributed by atoms with Crippen LogP contribution in [0.2, 0.25) is 0 Å². The molecule has 1 aliphatic rings. The Morgan fingerprint density at radius 1 is 1.53 bits per heavy atom. The Balaban J connectivity index is 2.57. The summed E-state index contributed by atoms with van der Waals surface area (Å²) in [5, 5.41) is 3.14. The van der Waals surface area contributed by atoms with E-state index in [1.165, 1.54) is 25.7 Å². The third kappa shape index (κ3) is 4.46. The monoisotopic (exact) mass is 269 g/mol. The van der Waals surface area contributed by atoms with Crippen molar-refractivity contribution in [2.75, 3.05) is 27.2 Å². The van der Waals surface area contributed by atoms with Crippen molar-refractivity contribution in [3.8, 4) is 0 Å². The molecule has 3 atom stereocenters. The highest BCUT2D eigenvalue weighted by atomic mass is 16.1. The van der Waals surface area contributed by atoms with E-state index in [4.69, 9.17) is 5.73 Å². The molecule has 1 saturated carbocycles. The number of rotatable bonds is 6. The molecule has 0 aliphatic heterocycles. The van der Waals surface area contributed by atoms with E-state index in [1.807, 2.05) is 6.92 Å². The second-order valence-corrected chi connectivity index (χ2v) is 6.52. The van der Waals surface area contributed by atoms with Gasteiger partial charge in [-0.25, -0.2) is 0 Å². The van der Waals surface area contributed by atoms with Crippen LogP contribution in [0.4, 0.5) is 0 Å². The van der Waals surface area contributed by atoms with Crippen molar-refractivity contribution < 1.29 is 4.79 Å². The Kier molecular flexibility index (Phi) is 6.27. The lowest BCUT2D eigenvalue weighted by Gasteiger charge is -2.45. The summed E-state index contributed by atoms with van der Waals surface area (Å²) < 4.78 is 0. The smallest absolute Gasteiger partial charge is 0.222 e. The van der Waals surface area contributed by atoms with E-state index in [-0.39, 0.29) is 17.4 Å². The summed E-state index contributed by atoms with van der Waals surface area (Å²) in [6, 6.07) is 0. The molecule has 0 aromatic rings. The SMILES string of the molecule is CC1CCCC(CNC(=O)C(C)CCN)(N(C)C)C1. The largest absolute Gasteiger partial charge is 0.354 e. The molecule has 112 valence electrons. The van der Waals surface area contributed by atoms with Crippen LogP contribution in [0.25, 0.3) is 0 Å². The number of hydrogen-bond donors (Lipinski definition) is 2. The number of nitrogens with one attached hydrogen (secondary N) is 1. The van der Waals surface area contributed by atoms with Crippen LogP contribution in [-0.2, 0) is 4.79 Å². The highest BCUT2D eigenvalue weighted by molar-refractivity contribution is 5.78. The van der Waals surface area contributed by atoms with Gasteiger partial charge in [-0.2, -0.15) is 0 Å². The third-order valence-electron chi connectivity index (χ3n) is 4.66. The maximum absolute atomic E-state index is 12.0. The fourth-order valence-corrected chi connectivity index (χ4v) is 3.16. The second kappa shape index (κ2) is 7.25. The van der Waals surface area contributed by atoms with Crippen LogP contribution in [0.3, 0.4) is 0 Å². The molecule has 0 spiro atoms. The van der Waals surface area contributed by atoms with Crippen LogP contribution < -0.4 is 11.1 Å². The summed E-state index contributed by atoms with van der Waals surface area (Å²) in [6.45, 7) is 5.60. The molecule has 1 amide bonds. The Morgan fingerprint density at radius 3 is 2.74 bits per heavy atom. The first-order valence-corrected chi connectivity index (χ1v) is 7.56. The molecule has 3 N–H and O–H groups in total. The molecule has 3 unspecified atom stereocenters. The molecular weight excluding hydrogens is 238 g/mol. The van der Waals surface area contributed by atoms with E-state index in [2.05, 4.69) is 31.2 Å². The molecule has 0 radical (unpaired) electrons. The number of carbonyl (C=O) groups excluding carboxylic acids is 1. The zero-order valence-corrected chi connectivity index (χ0v) is 13.0. The van der Waals surface area contributed by atoms with Crippen LogP contribution in [0.15, 0.2) is 0 Å². The average Bonchev–Trinajstić information content (AvgIpc) is 2.36. The first-order chi connectivity index (χ1) is 8.91. The molecule has 0 bridgehead atoms. The van der Waals surface area contributed by atoms with Crippen molar-refractivity contribution in [3.63, 3.8) is 0 Å². The Labute approximate surface area is 118 Å². The van der Waals surface area contributed by atoms with Gasteiger partial charge in [0, 0.05) is 18.0 Å². The molecule has 1 rings (SSSR count). The Morgan fingerprint density at radius 2 is 2.21 bits per heavy atom. The number of hydrogen-bond acceptors (Lipinski definition) is 3. The van der Waals surface area contributed by atoms with E-state index in [9.17, 15) is 4.79 Å². The number of nitrogens with two attached hydrogens (primary N) is 1. The van der Waals surface area contributed by atoms with Gasteiger partial charge in [-0.15, -0.1) is 0 Å². The van der Waals surface area contributed by atoms with Crippen molar-refractivity contribution in [2.24, 2.45) is 17.6 Å². The summed E-state index contributed by atoms with van der Waals surface area (Å²) in [4.78, 5) is 14.3. The molecule has 0 saturated heterocycles. The van der Waals surface area contributed by atoms with Crippen molar-refractivity contribution >= 4 is 5.91 Å². The van der Waals surface area contributed by atoms with Gasteiger partial charge in [-0.3, -0.25) is 4.79 Å². The van der Waals surface area contributed by atoms with Gasteiger partial charge in [0.1, 0.15) is 0 Å². The highest BCUT2D eigenvalue weighted by Crippen LogP contribution is 2.35. The molecule has 0 aromatic heterocycles. The van der Waals surface area contributed by atoms with Gasteiger partial charge < -0.3 is 16.0 Å². The zero-order valence-electron chi connectivity index (χ0n) is 13.0. The van der Waals surface area contributed by atoms with E-state index >= 15 is 0 Å². The summed E-state index contributed by atoms with van der Waals surface area (Å²) in [6.07, 6.45) is 5.68. The first kappa shape index (κ1) is 16.4. The highest BCUT2D eigenvalue weighted by Gasteiger charge is 2.37. The van der Waals surface area contributed by atoms with Gasteiger partial charge in [0.25, 0.3) is 0 Å². The van der Waals surface area contributed by atoms with Crippen molar-refractivity contribution in [2.45, 2.75) is 51.5 Å². The molecular formula is C15H31N3O. The Hall–Kier alpha value is -0.610. The van der Waals surface area contributed by atoms with Gasteiger partial charge >= 0.3 is 0 Å².